The molecule has 14 heavy (non-hydrogen) atoms. The Morgan fingerprint density at radius 1 is 1.29 bits per heavy atom. The van der Waals surface area contributed by atoms with E-state index in [9.17, 15) is 4.39 Å². The number of rotatable bonds is 1. The third-order valence-electron chi connectivity index (χ3n) is 1.75. The molecular formula is C8H8FN5. The first-order chi connectivity index (χ1) is 6.66. The maximum atomic E-state index is 13.3. The molecule has 0 aliphatic heterocycles. The smallest absolute Gasteiger partial charge is 0.239 e. The number of nitrogens with one attached hydrogen (secondary N) is 1. The van der Waals surface area contributed by atoms with Crippen LogP contribution in [0.1, 0.15) is 0 Å². The molecule has 0 saturated heterocycles. The molecular weight excluding hydrogens is 185 g/mol. The number of benzene rings is 1. The van der Waals surface area contributed by atoms with E-state index in [1.165, 1.54) is 18.2 Å². The Hall–Kier alpha value is -2.11. The van der Waals surface area contributed by atoms with Crippen LogP contribution >= 0.6 is 0 Å². The van der Waals surface area contributed by atoms with Crippen molar-refractivity contribution in [3.05, 3.63) is 24.0 Å². The molecule has 5 nitrogen and oxygen atoms in total. The quantitative estimate of drug-likeness (QED) is 0.583. The van der Waals surface area contributed by atoms with Gasteiger partial charge in [0.2, 0.25) is 5.95 Å². The van der Waals surface area contributed by atoms with Crippen LogP contribution in [0.2, 0.25) is 0 Å². The van der Waals surface area contributed by atoms with Crippen molar-refractivity contribution >= 4 is 11.6 Å². The van der Waals surface area contributed by atoms with Crippen LogP contribution in [0.5, 0.6) is 0 Å². The summed E-state index contributed by atoms with van der Waals surface area (Å²) in [7, 11) is 0. The van der Waals surface area contributed by atoms with Crippen LogP contribution in [0, 0.1) is 5.82 Å². The largest absolute Gasteiger partial charge is 0.399 e. The highest BCUT2D eigenvalue weighted by atomic mass is 19.1. The number of hydrogen-bond acceptors (Lipinski definition) is 4. The van der Waals surface area contributed by atoms with Crippen molar-refractivity contribution < 1.29 is 4.39 Å². The highest BCUT2D eigenvalue weighted by Crippen LogP contribution is 2.21. The molecule has 2 rings (SSSR count). The Morgan fingerprint density at radius 3 is 2.71 bits per heavy atom. The van der Waals surface area contributed by atoms with Crippen molar-refractivity contribution in [3.8, 4) is 11.4 Å². The first-order valence-electron chi connectivity index (χ1n) is 3.90. The van der Waals surface area contributed by atoms with Gasteiger partial charge in [-0.2, -0.15) is 4.98 Å². The van der Waals surface area contributed by atoms with Gasteiger partial charge in [-0.1, -0.05) is 0 Å². The highest BCUT2D eigenvalue weighted by molar-refractivity contribution is 5.62. The molecule has 0 radical (unpaired) electrons. The van der Waals surface area contributed by atoms with Crippen molar-refractivity contribution in [2.24, 2.45) is 0 Å². The average molecular weight is 193 g/mol. The third-order valence-corrected chi connectivity index (χ3v) is 1.75. The molecule has 0 saturated carbocycles. The molecule has 72 valence electrons. The maximum absolute atomic E-state index is 13.3. The van der Waals surface area contributed by atoms with Gasteiger partial charge in [0.05, 0.1) is 5.56 Å². The van der Waals surface area contributed by atoms with Gasteiger partial charge in [-0.3, -0.25) is 5.10 Å². The van der Waals surface area contributed by atoms with Crippen molar-refractivity contribution in [2.75, 3.05) is 11.5 Å². The predicted octanol–water partition coefficient (Wildman–Crippen LogP) is 0.775. The first kappa shape index (κ1) is 8.49. The lowest BCUT2D eigenvalue weighted by molar-refractivity contribution is 0.630. The van der Waals surface area contributed by atoms with Gasteiger partial charge in [0, 0.05) is 5.69 Å². The Balaban J connectivity index is 2.55. The summed E-state index contributed by atoms with van der Waals surface area (Å²) in [6.07, 6.45) is 0. The summed E-state index contributed by atoms with van der Waals surface area (Å²) < 4.78 is 13.3. The van der Waals surface area contributed by atoms with Gasteiger partial charge in [0.15, 0.2) is 5.82 Å². The monoisotopic (exact) mass is 193 g/mol. The van der Waals surface area contributed by atoms with E-state index in [0.29, 0.717) is 5.69 Å². The first-order valence-corrected chi connectivity index (χ1v) is 3.90. The van der Waals surface area contributed by atoms with Crippen LogP contribution in [0.3, 0.4) is 0 Å². The fourth-order valence-electron chi connectivity index (χ4n) is 1.12. The van der Waals surface area contributed by atoms with E-state index in [2.05, 4.69) is 15.2 Å². The van der Waals surface area contributed by atoms with E-state index in [-0.39, 0.29) is 17.3 Å². The number of H-pyrrole nitrogens is 1. The molecule has 1 aromatic carbocycles. The second-order valence-corrected chi connectivity index (χ2v) is 2.78. The molecule has 0 amide bonds. The fraction of sp³-hybridized carbons (Fsp3) is 0. The zero-order valence-corrected chi connectivity index (χ0v) is 7.16. The molecule has 2 aromatic rings. The number of anilines is 2. The summed E-state index contributed by atoms with van der Waals surface area (Å²) in [6.45, 7) is 0. The van der Waals surface area contributed by atoms with Gasteiger partial charge in [-0.25, -0.2) is 4.39 Å². The van der Waals surface area contributed by atoms with Crippen molar-refractivity contribution in [2.45, 2.75) is 0 Å². The summed E-state index contributed by atoms with van der Waals surface area (Å²) in [5, 5.41) is 6.11. The minimum Gasteiger partial charge on any atom is -0.399 e. The van der Waals surface area contributed by atoms with Crippen LogP contribution in [-0.4, -0.2) is 15.2 Å². The molecule has 0 atom stereocenters. The standard InChI is InChI=1S/C8H8FN5/c9-6-2-1-4(10)3-5(6)7-12-8(11)14-13-7/h1-3H,10H2,(H3,11,12,13,14). The number of nitrogens with zero attached hydrogens (tertiary/aromatic N) is 2. The van der Waals surface area contributed by atoms with Gasteiger partial charge >= 0.3 is 0 Å². The topological polar surface area (TPSA) is 93.6 Å². The average Bonchev–Trinajstić information content (AvgIpc) is 2.56. The van der Waals surface area contributed by atoms with E-state index in [4.69, 9.17) is 11.5 Å². The molecule has 0 spiro atoms. The van der Waals surface area contributed by atoms with E-state index < -0.39 is 5.82 Å². The van der Waals surface area contributed by atoms with E-state index in [1.807, 2.05) is 0 Å². The minimum atomic E-state index is -0.421. The second kappa shape index (κ2) is 2.99. The summed E-state index contributed by atoms with van der Waals surface area (Å²) in [4.78, 5) is 3.80. The summed E-state index contributed by atoms with van der Waals surface area (Å²) in [5.41, 5.74) is 11.5. The van der Waals surface area contributed by atoms with Gasteiger partial charge in [-0.05, 0) is 18.2 Å². The predicted molar refractivity (Wildman–Crippen MR) is 50.6 cm³/mol. The molecule has 0 fully saturated rings. The van der Waals surface area contributed by atoms with Crippen LogP contribution < -0.4 is 11.5 Å². The second-order valence-electron chi connectivity index (χ2n) is 2.78. The van der Waals surface area contributed by atoms with Crippen molar-refractivity contribution in [1.82, 2.24) is 15.2 Å². The Morgan fingerprint density at radius 2 is 2.07 bits per heavy atom. The van der Waals surface area contributed by atoms with Crippen LogP contribution in [0.25, 0.3) is 11.4 Å². The van der Waals surface area contributed by atoms with Gasteiger partial charge in [0.25, 0.3) is 0 Å². The molecule has 0 unspecified atom stereocenters. The maximum Gasteiger partial charge on any atom is 0.239 e. The van der Waals surface area contributed by atoms with Gasteiger partial charge in [-0.15, -0.1) is 5.10 Å². The Labute approximate surface area is 79.0 Å². The fourth-order valence-corrected chi connectivity index (χ4v) is 1.12. The lowest BCUT2D eigenvalue weighted by atomic mass is 10.2. The van der Waals surface area contributed by atoms with Crippen molar-refractivity contribution in [3.63, 3.8) is 0 Å². The number of halogens is 1. The molecule has 5 N–H and O–H groups in total. The van der Waals surface area contributed by atoms with Gasteiger partial charge < -0.3 is 11.5 Å². The third kappa shape index (κ3) is 1.37. The van der Waals surface area contributed by atoms with Crippen LogP contribution in [0.15, 0.2) is 18.2 Å². The Kier molecular flexibility index (Phi) is 1.81. The van der Waals surface area contributed by atoms with Crippen LogP contribution in [-0.2, 0) is 0 Å². The number of nitrogen functional groups attached to an aromatic ring is 2. The zero-order chi connectivity index (χ0) is 10.1. The summed E-state index contributed by atoms with van der Waals surface area (Å²) in [6, 6.07) is 4.21. The SMILES string of the molecule is Nc1ccc(F)c(-c2nc(N)n[nH]2)c1. The number of nitrogens with two attached hydrogens (primary N) is 2. The highest BCUT2D eigenvalue weighted by Gasteiger charge is 2.09. The molecule has 1 heterocycles. The van der Waals surface area contributed by atoms with Gasteiger partial charge in [0.1, 0.15) is 5.82 Å². The summed E-state index contributed by atoms with van der Waals surface area (Å²) >= 11 is 0. The zero-order valence-electron chi connectivity index (χ0n) is 7.16. The van der Waals surface area contributed by atoms with E-state index >= 15 is 0 Å². The molecule has 0 bridgehead atoms. The Bertz CT molecular complexity index is 465. The normalized spacial score (nSPS) is 10.4. The molecule has 1 aromatic heterocycles. The van der Waals surface area contributed by atoms with E-state index in [1.54, 1.807) is 0 Å². The molecule has 6 heteroatoms. The van der Waals surface area contributed by atoms with E-state index in [0.717, 1.165) is 0 Å². The summed E-state index contributed by atoms with van der Waals surface area (Å²) in [5.74, 6) is -0.0792. The van der Waals surface area contributed by atoms with Crippen LogP contribution in [0.4, 0.5) is 16.0 Å². The molecule has 0 aliphatic carbocycles. The number of aromatic nitrogens is 3. The minimum absolute atomic E-state index is 0.0711. The lowest BCUT2D eigenvalue weighted by Gasteiger charge is -1.99. The number of aromatic amines is 1. The number of hydrogen-bond donors (Lipinski definition) is 3. The lowest BCUT2D eigenvalue weighted by Crippen LogP contribution is -1.91. The van der Waals surface area contributed by atoms with Crippen molar-refractivity contribution in [1.29, 1.82) is 0 Å². The molecule has 0 aliphatic rings.